The largest absolute Gasteiger partial charge is 0.488 e. The summed E-state index contributed by atoms with van der Waals surface area (Å²) in [6, 6.07) is 5.52. The van der Waals surface area contributed by atoms with Crippen molar-refractivity contribution in [2.24, 2.45) is 0 Å². The lowest BCUT2D eigenvalue weighted by Crippen LogP contribution is -2.30. The summed E-state index contributed by atoms with van der Waals surface area (Å²) < 4.78 is 0. The first-order valence-corrected chi connectivity index (χ1v) is 4.54. The van der Waals surface area contributed by atoms with Crippen molar-refractivity contribution < 1.29 is 10.0 Å². The van der Waals surface area contributed by atoms with Crippen LogP contribution in [-0.4, -0.2) is 17.2 Å². The number of aryl methyl sites for hydroxylation is 2. The molecular weight excluding hydrogens is 163 g/mol. The van der Waals surface area contributed by atoms with Crippen LogP contribution in [0.15, 0.2) is 18.2 Å². The van der Waals surface area contributed by atoms with E-state index in [4.69, 9.17) is 10.0 Å². The van der Waals surface area contributed by atoms with Gasteiger partial charge in [0.15, 0.2) is 0 Å². The standard InChI is InChI=1S/C8H11BO2.C2H6/c1-6-3-7(2)5-8(4-6)9(10)11;1-2/h3-5,10-11H,1-2H3;1-2H3. The molecule has 0 aromatic heterocycles. The van der Waals surface area contributed by atoms with Crippen LogP contribution < -0.4 is 5.46 Å². The molecule has 0 aliphatic heterocycles. The summed E-state index contributed by atoms with van der Waals surface area (Å²) in [4.78, 5) is 0. The van der Waals surface area contributed by atoms with Crippen LogP contribution in [0.5, 0.6) is 0 Å². The van der Waals surface area contributed by atoms with Crippen molar-refractivity contribution in [1.82, 2.24) is 0 Å². The highest BCUT2D eigenvalue weighted by Crippen LogP contribution is 1.99. The topological polar surface area (TPSA) is 40.5 Å². The predicted octanol–water partition coefficient (Wildman–Crippen LogP) is 1.01. The van der Waals surface area contributed by atoms with Crippen LogP contribution in [0.25, 0.3) is 0 Å². The van der Waals surface area contributed by atoms with Gasteiger partial charge in [0.1, 0.15) is 0 Å². The average Bonchev–Trinajstić information content (AvgIpc) is 2.06. The Labute approximate surface area is 80.4 Å². The molecule has 13 heavy (non-hydrogen) atoms. The van der Waals surface area contributed by atoms with Crippen molar-refractivity contribution in [3.63, 3.8) is 0 Å². The third-order valence-corrected chi connectivity index (χ3v) is 1.54. The lowest BCUT2D eigenvalue weighted by Gasteiger charge is -2.02. The zero-order valence-electron chi connectivity index (χ0n) is 8.70. The molecule has 3 heteroatoms. The summed E-state index contributed by atoms with van der Waals surface area (Å²) in [5.74, 6) is 0. The number of rotatable bonds is 1. The lowest BCUT2D eigenvalue weighted by molar-refractivity contribution is 0.425. The van der Waals surface area contributed by atoms with Gasteiger partial charge in [0.25, 0.3) is 0 Å². The third kappa shape index (κ3) is 4.11. The molecule has 0 aliphatic carbocycles. The van der Waals surface area contributed by atoms with Gasteiger partial charge in [0.05, 0.1) is 0 Å². The minimum absolute atomic E-state index is 0.558. The number of benzene rings is 1. The molecule has 72 valence electrons. The second kappa shape index (κ2) is 5.78. The van der Waals surface area contributed by atoms with Gasteiger partial charge in [-0.25, -0.2) is 0 Å². The molecule has 0 atom stereocenters. The monoisotopic (exact) mass is 180 g/mol. The highest BCUT2D eigenvalue weighted by molar-refractivity contribution is 6.58. The lowest BCUT2D eigenvalue weighted by atomic mass is 9.79. The van der Waals surface area contributed by atoms with Gasteiger partial charge in [-0.2, -0.15) is 0 Å². The Kier molecular flexibility index (Phi) is 5.43. The summed E-state index contributed by atoms with van der Waals surface area (Å²) in [5, 5.41) is 17.7. The Morgan fingerprint density at radius 3 is 1.62 bits per heavy atom. The first-order chi connectivity index (χ1) is 6.09. The van der Waals surface area contributed by atoms with Gasteiger partial charge in [-0.05, 0) is 19.3 Å². The first kappa shape index (κ1) is 12.2. The van der Waals surface area contributed by atoms with Gasteiger partial charge in [-0.15, -0.1) is 0 Å². The van der Waals surface area contributed by atoms with E-state index in [1.807, 2.05) is 33.8 Å². The van der Waals surface area contributed by atoms with Crippen LogP contribution in [0.2, 0.25) is 0 Å². The third-order valence-electron chi connectivity index (χ3n) is 1.54. The average molecular weight is 180 g/mol. The van der Waals surface area contributed by atoms with E-state index >= 15 is 0 Å². The Hall–Kier alpha value is -0.795. The van der Waals surface area contributed by atoms with Crippen molar-refractivity contribution in [3.05, 3.63) is 29.3 Å². The molecule has 0 fully saturated rings. The van der Waals surface area contributed by atoms with E-state index in [2.05, 4.69) is 0 Å². The Morgan fingerprint density at radius 1 is 0.923 bits per heavy atom. The summed E-state index contributed by atoms with van der Waals surface area (Å²) in [6.07, 6.45) is 0. The minimum atomic E-state index is -1.35. The Bertz CT molecular complexity index is 239. The molecule has 2 nitrogen and oxygen atoms in total. The van der Waals surface area contributed by atoms with Crippen molar-refractivity contribution in [2.45, 2.75) is 27.7 Å². The molecule has 1 aromatic rings. The van der Waals surface area contributed by atoms with E-state index in [0.29, 0.717) is 5.46 Å². The first-order valence-electron chi connectivity index (χ1n) is 4.54. The summed E-state index contributed by atoms with van der Waals surface area (Å²) in [6.45, 7) is 7.86. The van der Waals surface area contributed by atoms with E-state index in [-0.39, 0.29) is 0 Å². The van der Waals surface area contributed by atoms with Gasteiger partial charge in [0.2, 0.25) is 0 Å². The molecule has 1 rings (SSSR count). The van der Waals surface area contributed by atoms with Crippen LogP contribution in [0.3, 0.4) is 0 Å². The van der Waals surface area contributed by atoms with Crippen LogP contribution >= 0.6 is 0 Å². The van der Waals surface area contributed by atoms with Gasteiger partial charge < -0.3 is 10.0 Å². The molecule has 0 unspecified atom stereocenters. The highest BCUT2D eigenvalue weighted by atomic mass is 16.4. The maximum atomic E-state index is 8.83. The zero-order chi connectivity index (χ0) is 10.4. The highest BCUT2D eigenvalue weighted by Gasteiger charge is 2.10. The van der Waals surface area contributed by atoms with E-state index in [0.717, 1.165) is 11.1 Å². The predicted molar refractivity (Wildman–Crippen MR) is 57.1 cm³/mol. The van der Waals surface area contributed by atoms with Gasteiger partial charge >= 0.3 is 7.12 Å². The molecule has 0 aliphatic rings. The van der Waals surface area contributed by atoms with Gasteiger partial charge in [-0.1, -0.05) is 43.2 Å². The van der Waals surface area contributed by atoms with Crippen LogP contribution in [0, 0.1) is 13.8 Å². The molecule has 0 amide bonds. The molecule has 0 radical (unpaired) electrons. The van der Waals surface area contributed by atoms with E-state index < -0.39 is 7.12 Å². The Morgan fingerprint density at radius 2 is 1.31 bits per heavy atom. The van der Waals surface area contributed by atoms with Crippen LogP contribution in [0.4, 0.5) is 0 Å². The van der Waals surface area contributed by atoms with Crippen LogP contribution in [-0.2, 0) is 0 Å². The molecule has 2 N–H and O–H groups in total. The normalized spacial score (nSPS) is 8.77. The zero-order valence-corrected chi connectivity index (χ0v) is 8.70. The fourth-order valence-corrected chi connectivity index (χ4v) is 1.16. The maximum Gasteiger partial charge on any atom is 0.488 e. The fourth-order valence-electron chi connectivity index (χ4n) is 1.16. The summed E-state index contributed by atoms with van der Waals surface area (Å²) >= 11 is 0. The van der Waals surface area contributed by atoms with E-state index in [1.165, 1.54) is 0 Å². The van der Waals surface area contributed by atoms with Crippen molar-refractivity contribution in [2.75, 3.05) is 0 Å². The Balaban J connectivity index is 0.000000671. The number of hydrogen-bond donors (Lipinski definition) is 2. The molecular formula is C10H17BO2. The van der Waals surface area contributed by atoms with E-state index in [1.54, 1.807) is 12.1 Å². The number of hydrogen-bond acceptors (Lipinski definition) is 2. The van der Waals surface area contributed by atoms with Crippen molar-refractivity contribution in [3.8, 4) is 0 Å². The summed E-state index contributed by atoms with van der Waals surface area (Å²) in [5.41, 5.74) is 2.66. The quantitative estimate of drug-likeness (QED) is 0.633. The molecule has 0 spiro atoms. The second-order valence-electron chi connectivity index (χ2n) is 2.79. The summed E-state index contributed by atoms with van der Waals surface area (Å²) in [7, 11) is -1.35. The molecule has 0 bridgehead atoms. The fraction of sp³-hybridized carbons (Fsp3) is 0.400. The van der Waals surface area contributed by atoms with Crippen molar-refractivity contribution >= 4 is 12.6 Å². The van der Waals surface area contributed by atoms with E-state index in [9.17, 15) is 0 Å². The molecule has 0 saturated carbocycles. The SMILES string of the molecule is CC.Cc1cc(C)cc(B(O)O)c1. The van der Waals surface area contributed by atoms with Gasteiger partial charge in [-0.3, -0.25) is 0 Å². The molecule has 0 heterocycles. The minimum Gasteiger partial charge on any atom is -0.423 e. The van der Waals surface area contributed by atoms with Crippen molar-refractivity contribution in [1.29, 1.82) is 0 Å². The second-order valence-corrected chi connectivity index (χ2v) is 2.79. The molecule has 1 aromatic carbocycles. The van der Waals surface area contributed by atoms with Crippen LogP contribution in [0.1, 0.15) is 25.0 Å². The smallest absolute Gasteiger partial charge is 0.423 e. The maximum absolute atomic E-state index is 8.83. The van der Waals surface area contributed by atoms with Gasteiger partial charge in [0, 0.05) is 0 Å². The molecule has 0 saturated heterocycles.